The molecule has 4 nitrogen and oxygen atoms in total. The maximum absolute atomic E-state index is 11.8. The predicted octanol–water partition coefficient (Wildman–Crippen LogP) is 2.43. The second-order valence-corrected chi connectivity index (χ2v) is 8.70. The van der Waals surface area contributed by atoms with Crippen LogP contribution in [-0.4, -0.2) is 37.6 Å². The number of aliphatic hydroxyl groups excluding tert-OH is 1. The fraction of sp³-hybridized carbons (Fsp3) is 0.444. The maximum Gasteiger partial charge on any atom is 0.151 e. The summed E-state index contributed by atoms with van der Waals surface area (Å²) >= 11 is 0. The first kappa shape index (κ1) is 16.4. The summed E-state index contributed by atoms with van der Waals surface area (Å²) in [4.78, 5) is 0. The van der Waals surface area contributed by atoms with Crippen molar-refractivity contribution >= 4 is 20.6 Å². The molecule has 1 aliphatic carbocycles. The number of sulfone groups is 1. The lowest BCUT2D eigenvalue weighted by molar-refractivity contribution is 0.170. The van der Waals surface area contributed by atoms with E-state index in [0.717, 1.165) is 29.2 Å². The Morgan fingerprint density at radius 2 is 1.91 bits per heavy atom. The van der Waals surface area contributed by atoms with E-state index in [9.17, 15) is 13.5 Å². The van der Waals surface area contributed by atoms with Gasteiger partial charge in [-0.1, -0.05) is 42.8 Å². The maximum atomic E-state index is 11.8. The number of fused-ring (bicyclic) bond motifs is 1. The van der Waals surface area contributed by atoms with Gasteiger partial charge in [0.15, 0.2) is 9.84 Å². The first-order valence-electron chi connectivity index (χ1n) is 8.04. The highest BCUT2D eigenvalue weighted by molar-refractivity contribution is 7.91. The number of benzene rings is 2. The van der Waals surface area contributed by atoms with Gasteiger partial charge in [0.2, 0.25) is 0 Å². The van der Waals surface area contributed by atoms with Gasteiger partial charge in [-0.05, 0) is 35.2 Å². The fourth-order valence-electron chi connectivity index (χ4n) is 3.47. The van der Waals surface area contributed by atoms with E-state index in [1.54, 1.807) is 0 Å². The number of nitrogens with one attached hydrogen (secondary N) is 1. The zero-order chi connectivity index (χ0) is 16.4. The molecule has 0 amide bonds. The molecule has 0 spiro atoms. The molecule has 23 heavy (non-hydrogen) atoms. The highest BCUT2D eigenvalue weighted by Gasteiger charge is 2.34. The van der Waals surface area contributed by atoms with Crippen molar-refractivity contribution in [3.05, 3.63) is 48.0 Å². The van der Waals surface area contributed by atoms with Crippen molar-refractivity contribution in [1.29, 1.82) is 0 Å². The molecule has 2 aromatic carbocycles. The number of hydrogen-bond donors (Lipinski definition) is 2. The average molecular weight is 333 g/mol. The van der Waals surface area contributed by atoms with Gasteiger partial charge < -0.3 is 10.4 Å². The molecule has 0 bridgehead atoms. The van der Waals surface area contributed by atoms with Crippen LogP contribution in [0.2, 0.25) is 0 Å². The quantitative estimate of drug-likeness (QED) is 0.882. The molecule has 1 saturated carbocycles. The first-order valence-corrected chi connectivity index (χ1v) is 9.99. The summed E-state index contributed by atoms with van der Waals surface area (Å²) in [5.41, 5.74) is 0.852. The lowest BCUT2D eigenvalue weighted by Gasteiger charge is -2.21. The molecular weight excluding hydrogens is 310 g/mol. The third-order valence-electron chi connectivity index (χ3n) is 4.73. The fourth-order valence-corrected chi connectivity index (χ4v) is 4.89. The Hall–Kier alpha value is -1.43. The normalized spacial score (nSPS) is 23.2. The standard InChI is InChI=1S/C18H23NO3S/c1-23(21,22)18-8-4-7-16(18)19-12-17(20)15-10-9-13-5-2-3-6-14(13)11-15/h2-3,5-6,9-11,16-20H,4,7-8,12H2,1H3. The van der Waals surface area contributed by atoms with Crippen LogP contribution in [0, 0.1) is 0 Å². The minimum absolute atomic E-state index is 0.0555. The van der Waals surface area contributed by atoms with Crippen LogP contribution in [0.4, 0.5) is 0 Å². The third kappa shape index (κ3) is 3.74. The van der Waals surface area contributed by atoms with Crippen LogP contribution in [0.3, 0.4) is 0 Å². The van der Waals surface area contributed by atoms with Crippen LogP contribution in [0.25, 0.3) is 10.8 Å². The summed E-state index contributed by atoms with van der Waals surface area (Å²) < 4.78 is 23.6. The van der Waals surface area contributed by atoms with E-state index in [1.807, 2.05) is 42.5 Å². The van der Waals surface area contributed by atoms with E-state index in [2.05, 4.69) is 5.32 Å². The van der Waals surface area contributed by atoms with Crippen molar-refractivity contribution in [3.8, 4) is 0 Å². The van der Waals surface area contributed by atoms with Gasteiger partial charge in [0, 0.05) is 18.8 Å². The zero-order valence-corrected chi connectivity index (χ0v) is 14.1. The van der Waals surface area contributed by atoms with Crippen molar-refractivity contribution in [2.75, 3.05) is 12.8 Å². The van der Waals surface area contributed by atoms with Gasteiger partial charge in [-0.25, -0.2) is 8.42 Å². The first-order chi connectivity index (χ1) is 10.9. The van der Waals surface area contributed by atoms with Gasteiger partial charge in [0.1, 0.15) is 0 Å². The molecule has 0 heterocycles. The van der Waals surface area contributed by atoms with E-state index in [0.29, 0.717) is 13.0 Å². The van der Waals surface area contributed by atoms with Gasteiger partial charge in [-0.15, -0.1) is 0 Å². The summed E-state index contributed by atoms with van der Waals surface area (Å²) in [5.74, 6) is 0. The van der Waals surface area contributed by atoms with Crippen LogP contribution in [-0.2, 0) is 9.84 Å². The molecular formula is C18H23NO3S. The Balaban J connectivity index is 1.67. The van der Waals surface area contributed by atoms with Gasteiger partial charge in [0.25, 0.3) is 0 Å². The van der Waals surface area contributed by atoms with Crippen molar-refractivity contribution in [2.45, 2.75) is 36.7 Å². The van der Waals surface area contributed by atoms with Crippen LogP contribution in [0.15, 0.2) is 42.5 Å². The summed E-state index contributed by atoms with van der Waals surface area (Å²) in [7, 11) is -3.04. The molecule has 1 aliphatic rings. The monoisotopic (exact) mass is 333 g/mol. The van der Waals surface area contributed by atoms with Crippen LogP contribution in [0.5, 0.6) is 0 Å². The highest BCUT2D eigenvalue weighted by atomic mass is 32.2. The van der Waals surface area contributed by atoms with Crippen LogP contribution >= 0.6 is 0 Å². The molecule has 3 rings (SSSR count). The summed E-state index contributed by atoms with van der Waals surface area (Å²) in [6.45, 7) is 0.370. The number of rotatable bonds is 5. The van der Waals surface area contributed by atoms with E-state index < -0.39 is 15.9 Å². The van der Waals surface area contributed by atoms with Crippen molar-refractivity contribution < 1.29 is 13.5 Å². The van der Waals surface area contributed by atoms with Crippen molar-refractivity contribution in [1.82, 2.24) is 5.32 Å². The lowest BCUT2D eigenvalue weighted by atomic mass is 10.0. The Labute approximate surface area is 137 Å². The van der Waals surface area contributed by atoms with Gasteiger partial charge in [0.05, 0.1) is 11.4 Å². The van der Waals surface area contributed by atoms with E-state index >= 15 is 0 Å². The van der Waals surface area contributed by atoms with Crippen molar-refractivity contribution in [2.24, 2.45) is 0 Å². The van der Waals surface area contributed by atoms with Crippen molar-refractivity contribution in [3.63, 3.8) is 0 Å². The molecule has 1 fully saturated rings. The molecule has 124 valence electrons. The van der Waals surface area contributed by atoms with Crippen LogP contribution in [0.1, 0.15) is 30.9 Å². The second-order valence-electron chi connectivity index (χ2n) is 6.44. The minimum Gasteiger partial charge on any atom is -0.387 e. The molecule has 5 heteroatoms. The SMILES string of the molecule is CS(=O)(=O)C1CCCC1NCC(O)c1ccc2ccccc2c1. The van der Waals surface area contributed by atoms with Gasteiger partial charge in [-0.2, -0.15) is 0 Å². The smallest absolute Gasteiger partial charge is 0.151 e. The number of hydrogen-bond acceptors (Lipinski definition) is 4. The summed E-state index contributed by atoms with van der Waals surface area (Å²) in [6, 6.07) is 13.9. The van der Waals surface area contributed by atoms with E-state index in [4.69, 9.17) is 0 Å². The number of aliphatic hydroxyl groups is 1. The Morgan fingerprint density at radius 1 is 1.17 bits per heavy atom. The molecule has 0 saturated heterocycles. The Morgan fingerprint density at radius 3 is 2.65 bits per heavy atom. The zero-order valence-electron chi connectivity index (χ0n) is 13.3. The Kier molecular flexibility index (Phi) is 4.71. The molecule has 3 atom stereocenters. The summed E-state index contributed by atoms with van der Waals surface area (Å²) in [6.07, 6.45) is 3.14. The largest absolute Gasteiger partial charge is 0.387 e. The minimum atomic E-state index is -3.04. The molecule has 2 aromatic rings. The Bertz CT molecular complexity index is 788. The summed E-state index contributed by atoms with van der Waals surface area (Å²) in [5, 5.41) is 15.6. The van der Waals surface area contributed by atoms with Gasteiger partial charge in [-0.3, -0.25) is 0 Å². The molecule has 3 unspecified atom stereocenters. The van der Waals surface area contributed by atoms with E-state index in [-0.39, 0.29) is 11.3 Å². The van der Waals surface area contributed by atoms with Gasteiger partial charge >= 0.3 is 0 Å². The van der Waals surface area contributed by atoms with E-state index in [1.165, 1.54) is 6.26 Å². The highest BCUT2D eigenvalue weighted by Crippen LogP contribution is 2.26. The molecule has 0 aliphatic heterocycles. The third-order valence-corrected chi connectivity index (χ3v) is 6.40. The lowest BCUT2D eigenvalue weighted by Crippen LogP contribution is -2.41. The predicted molar refractivity (Wildman–Crippen MR) is 93.2 cm³/mol. The molecule has 0 radical (unpaired) electrons. The average Bonchev–Trinajstić information content (AvgIpc) is 3.01. The van der Waals surface area contributed by atoms with Crippen LogP contribution < -0.4 is 5.32 Å². The second kappa shape index (κ2) is 6.59. The topological polar surface area (TPSA) is 66.4 Å². The molecule has 2 N–H and O–H groups in total. The molecule has 0 aromatic heterocycles.